The maximum Gasteiger partial charge on any atom is 0.114 e. The molecule has 0 bridgehead atoms. The van der Waals surface area contributed by atoms with Gasteiger partial charge in [-0.25, -0.2) is 0 Å². The lowest BCUT2D eigenvalue weighted by Crippen LogP contribution is -3.00. The summed E-state index contributed by atoms with van der Waals surface area (Å²) in [4.78, 5) is 0. The summed E-state index contributed by atoms with van der Waals surface area (Å²) in [6, 6.07) is 19.7. The summed E-state index contributed by atoms with van der Waals surface area (Å²) in [7, 11) is 0. The minimum Gasteiger partial charge on any atom is -1.00 e. The molecule has 0 aliphatic carbocycles. The third-order valence-electron chi connectivity index (χ3n) is 3.37. The van der Waals surface area contributed by atoms with Crippen LogP contribution in [0.2, 0.25) is 0 Å². The third-order valence-corrected chi connectivity index (χ3v) is 3.37. The molecule has 2 aromatic carbocycles. The van der Waals surface area contributed by atoms with Crippen LogP contribution >= 0.6 is 0 Å². The van der Waals surface area contributed by atoms with Crippen molar-refractivity contribution >= 4 is 0 Å². The lowest BCUT2D eigenvalue weighted by molar-refractivity contribution is -0.426. The summed E-state index contributed by atoms with van der Waals surface area (Å²) in [6.45, 7) is 4.46. The Morgan fingerprint density at radius 3 is 2.16 bits per heavy atom. The molecular weight excluding hydrogens is 254 g/mol. The zero-order chi connectivity index (χ0) is 13.0. The van der Waals surface area contributed by atoms with Crippen LogP contribution in [-0.2, 0) is 6.42 Å². The van der Waals surface area contributed by atoms with Gasteiger partial charge in [0.25, 0.3) is 0 Å². The number of rotatable bonds is 4. The van der Waals surface area contributed by atoms with E-state index in [1.807, 2.05) is 0 Å². The van der Waals surface area contributed by atoms with Crippen LogP contribution in [-0.4, -0.2) is 0 Å². The molecule has 2 heteroatoms. The molecule has 0 saturated heterocycles. The summed E-state index contributed by atoms with van der Waals surface area (Å²) in [6.07, 6.45) is 1.00. The summed E-state index contributed by atoms with van der Waals surface area (Å²) >= 11 is 0. The van der Waals surface area contributed by atoms with Crippen LogP contribution in [0.1, 0.15) is 42.5 Å². The first kappa shape index (κ1) is 15.7. The molecule has 0 aliphatic heterocycles. The Balaban J connectivity index is 0.00000180. The van der Waals surface area contributed by atoms with Crippen LogP contribution in [0.4, 0.5) is 0 Å². The molecule has 0 unspecified atom stereocenters. The molecule has 0 aliphatic rings. The molecule has 0 fully saturated rings. The molecule has 19 heavy (non-hydrogen) atoms. The quantitative estimate of drug-likeness (QED) is 0.834. The highest BCUT2D eigenvalue weighted by atomic mass is 35.5. The minimum atomic E-state index is 0. The highest BCUT2D eigenvalue weighted by Crippen LogP contribution is 2.20. The van der Waals surface area contributed by atoms with Crippen molar-refractivity contribution in [3.05, 3.63) is 71.3 Å². The smallest absolute Gasteiger partial charge is 0.114 e. The van der Waals surface area contributed by atoms with E-state index in [0.717, 1.165) is 6.42 Å². The lowest BCUT2D eigenvalue weighted by atomic mass is 9.95. The lowest BCUT2D eigenvalue weighted by Gasteiger charge is -2.12. The van der Waals surface area contributed by atoms with E-state index in [-0.39, 0.29) is 12.4 Å². The molecule has 0 amide bonds. The van der Waals surface area contributed by atoms with Crippen molar-refractivity contribution < 1.29 is 18.1 Å². The fourth-order valence-electron chi connectivity index (χ4n) is 2.19. The summed E-state index contributed by atoms with van der Waals surface area (Å²) in [5.74, 6) is 0.578. The van der Waals surface area contributed by atoms with Gasteiger partial charge in [-0.2, -0.15) is 0 Å². The Bertz CT molecular complexity index is 494. The van der Waals surface area contributed by atoms with Crippen molar-refractivity contribution in [2.75, 3.05) is 0 Å². The van der Waals surface area contributed by atoms with E-state index in [1.165, 1.54) is 16.7 Å². The van der Waals surface area contributed by atoms with Gasteiger partial charge >= 0.3 is 0 Å². The Morgan fingerprint density at radius 2 is 1.53 bits per heavy atom. The minimum absolute atomic E-state index is 0. The van der Waals surface area contributed by atoms with Crippen LogP contribution in [0.25, 0.3) is 0 Å². The first-order chi connectivity index (χ1) is 8.66. The van der Waals surface area contributed by atoms with Gasteiger partial charge < -0.3 is 18.1 Å². The van der Waals surface area contributed by atoms with E-state index in [4.69, 9.17) is 0 Å². The molecule has 0 aromatic heterocycles. The predicted molar refractivity (Wildman–Crippen MR) is 76.3 cm³/mol. The van der Waals surface area contributed by atoms with Crippen molar-refractivity contribution in [2.24, 2.45) is 0 Å². The first-order valence-corrected chi connectivity index (χ1v) is 6.63. The number of hydrogen-bond acceptors (Lipinski definition) is 0. The maximum atomic E-state index is 4.30. The fourth-order valence-corrected chi connectivity index (χ4v) is 2.19. The maximum absolute atomic E-state index is 4.30. The van der Waals surface area contributed by atoms with Crippen LogP contribution in [0.3, 0.4) is 0 Å². The van der Waals surface area contributed by atoms with Crippen molar-refractivity contribution in [2.45, 2.75) is 32.2 Å². The number of hydrogen-bond donors (Lipinski definition) is 1. The second kappa shape index (κ2) is 7.32. The van der Waals surface area contributed by atoms with Gasteiger partial charge in [0.1, 0.15) is 6.04 Å². The third kappa shape index (κ3) is 4.38. The number of benzene rings is 2. The van der Waals surface area contributed by atoms with E-state index in [1.54, 1.807) is 0 Å². The topological polar surface area (TPSA) is 27.6 Å². The highest BCUT2D eigenvalue weighted by Gasteiger charge is 2.11. The molecule has 0 radical (unpaired) electrons. The van der Waals surface area contributed by atoms with E-state index in [0.29, 0.717) is 12.0 Å². The normalized spacial score (nSPS) is 12.0. The van der Waals surface area contributed by atoms with Gasteiger partial charge in [-0.3, -0.25) is 0 Å². The Hall–Kier alpha value is -1.31. The summed E-state index contributed by atoms with van der Waals surface area (Å²) in [5.41, 5.74) is 8.39. The molecule has 2 aromatic rings. The van der Waals surface area contributed by atoms with E-state index < -0.39 is 0 Å². The van der Waals surface area contributed by atoms with Crippen molar-refractivity contribution in [3.8, 4) is 0 Å². The Kier molecular flexibility index (Phi) is 6.07. The molecule has 2 rings (SSSR count). The van der Waals surface area contributed by atoms with E-state index in [2.05, 4.69) is 74.2 Å². The van der Waals surface area contributed by atoms with Gasteiger partial charge in [0, 0.05) is 12.0 Å². The molecule has 1 atom stereocenters. The summed E-state index contributed by atoms with van der Waals surface area (Å²) in [5, 5.41) is 0. The summed E-state index contributed by atoms with van der Waals surface area (Å²) < 4.78 is 0. The average molecular weight is 276 g/mol. The monoisotopic (exact) mass is 275 g/mol. The average Bonchev–Trinajstić information content (AvgIpc) is 2.40. The number of halogens is 1. The SMILES string of the molecule is CC(C)c1cccc([C@@H]([NH3+])Cc2ccccc2)c1.[Cl-]. The molecule has 0 saturated carbocycles. The predicted octanol–water partition coefficient (Wildman–Crippen LogP) is 0.340. The zero-order valence-electron chi connectivity index (χ0n) is 11.6. The van der Waals surface area contributed by atoms with Gasteiger partial charge in [0.05, 0.1) is 0 Å². The largest absolute Gasteiger partial charge is 1.00 e. The molecule has 1 nitrogen and oxygen atoms in total. The van der Waals surface area contributed by atoms with E-state index >= 15 is 0 Å². The first-order valence-electron chi connectivity index (χ1n) is 6.63. The van der Waals surface area contributed by atoms with Gasteiger partial charge in [-0.15, -0.1) is 0 Å². The van der Waals surface area contributed by atoms with Crippen LogP contribution in [0.15, 0.2) is 54.6 Å². The van der Waals surface area contributed by atoms with Crippen LogP contribution in [0, 0.1) is 0 Å². The molecular formula is C17H22ClN. The van der Waals surface area contributed by atoms with Gasteiger partial charge in [0.2, 0.25) is 0 Å². The second-order valence-electron chi connectivity index (χ2n) is 5.21. The van der Waals surface area contributed by atoms with Gasteiger partial charge in [-0.1, -0.05) is 62.4 Å². The molecule has 102 valence electrons. The standard InChI is InChI=1S/C17H21N.ClH/c1-13(2)15-9-6-10-16(12-15)17(18)11-14-7-4-3-5-8-14;/h3-10,12-13,17H,11,18H2,1-2H3;1H/t17-;/m0./s1. The second-order valence-corrected chi connectivity index (χ2v) is 5.21. The molecule has 0 spiro atoms. The number of quaternary nitrogens is 1. The van der Waals surface area contributed by atoms with Gasteiger partial charge in [0.15, 0.2) is 0 Å². The van der Waals surface area contributed by atoms with Crippen LogP contribution in [0.5, 0.6) is 0 Å². The van der Waals surface area contributed by atoms with E-state index in [9.17, 15) is 0 Å². The van der Waals surface area contributed by atoms with Crippen molar-refractivity contribution in [3.63, 3.8) is 0 Å². The zero-order valence-corrected chi connectivity index (χ0v) is 12.4. The van der Waals surface area contributed by atoms with Gasteiger partial charge in [-0.05, 0) is 23.1 Å². The Labute approximate surface area is 122 Å². The van der Waals surface area contributed by atoms with Crippen LogP contribution < -0.4 is 18.1 Å². The van der Waals surface area contributed by atoms with Crippen molar-refractivity contribution in [1.82, 2.24) is 0 Å². The van der Waals surface area contributed by atoms with Crippen molar-refractivity contribution in [1.29, 1.82) is 0 Å². The highest BCUT2D eigenvalue weighted by molar-refractivity contribution is 5.28. The molecule has 3 N–H and O–H groups in total. The Morgan fingerprint density at radius 1 is 0.895 bits per heavy atom. The fraction of sp³-hybridized carbons (Fsp3) is 0.294. The molecule has 0 heterocycles.